The Kier molecular flexibility index (Phi) is 18.9. The van der Waals surface area contributed by atoms with Crippen LogP contribution < -0.4 is 15.2 Å². The topological polar surface area (TPSA) is 217 Å². The highest BCUT2D eigenvalue weighted by Gasteiger charge is 2.56. The first-order valence-electron chi connectivity index (χ1n) is 27.7. The predicted octanol–water partition coefficient (Wildman–Crippen LogP) is 8.00. The van der Waals surface area contributed by atoms with Gasteiger partial charge < -0.3 is 44.0 Å². The predicted molar refractivity (Wildman–Crippen MR) is 275 cm³/mol. The molecule has 0 spiro atoms. The second-order valence-electron chi connectivity index (χ2n) is 22.0. The van der Waals surface area contributed by atoms with Crippen molar-refractivity contribution in [2.24, 2.45) is 27.4 Å². The van der Waals surface area contributed by atoms with E-state index in [-0.39, 0.29) is 50.6 Å². The third-order valence-electron chi connectivity index (χ3n) is 11.8. The SMILES string of the molecule is [2H]CC(C)(C)C(=O)OC[C@H]1OC(Oc2nn(CCCO)c(C(C)C)c2Cc2ccc(OCCCN(CCC(N)=O)Cc3ccccc3)cc2C)[C@H](OC(=O)C(C)(C)C[2H])[C@@H](OC(=O)C(C)(C)C[2H])[C@@H]1OC(=O)C(C)(C)C[2H]. The van der Waals surface area contributed by atoms with Crippen LogP contribution in [-0.2, 0) is 67.2 Å². The molecular formula is C56H84N4O13. The minimum atomic E-state index is -1.77. The van der Waals surface area contributed by atoms with Crippen LogP contribution >= 0.6 is 0 Å². The Bertz CT molecular complexity index is 2430. The average Bonchev–Trinajstić information content (AvgIpc) is 3.75. The van der Waals surface area contributed by atoms with Crippen LogP contribution in [0.3, 0.4) is 0 Å². The Hall–Kier alpha value is -5.52. The number of aliphatic hydroxyl groups is 1. The Morgan fingerprint density at radius 1 is 0.808 bits per heavy atom. The monoisotopic (exact) mass is 1020 g/mol. The van der Waals surface area contributed by atoms with Crippen LogP contribution in [-0.4, -0.2) is 113 Å². The van der Waals surface area contributed by atoms with E-state index in [0.717, 1.165) is 22.4 Å². The van der Waals surface area contributed by atoms with Gasteiger partial charge in [0.05, 0.1) is 28.3 Å². The van der Waals surface area contributed by atoms with Gasteiger partial charge in [0.1, 0.15) is 18.5 Å². The van der Waals surface area contributed by atoms with Crippen molar-refractivity contribution in [3.63, 3.8) is 0 Å². The quantitative estimate of drug-likeness (QED) is 0.0523. The first-order valence-corrected chi connectivity index (χ1v) is 24.9. The molecule has 1 saturated heterocycles. The van der Waals surface area contributed by atoms with Gasteiger partial charge in [-0.05, 0) is 137 Å². The van der Waals surface area contributed by atoms with Crippen LogP contribution in [0, 0.1) is 28.6 Å². The molecule has 1 aliphatic heterocycles. The smallest absolute Gasteiger partial charge is 0.311 e. The molecule has 1 aromatic heterocycles. The number of benzene rings is 2. The molecule has 5 atom stereocenters. The molecule has 1 aliphatic rings. The summed E-state index contributed by atoms with van der Waals surface area (Å²) < 4.78 is 78.1. The minimum absolute atomic E-state index is 0.0157. The molecule has 2 aromatic carbocycles. The Morgan fingerprint density at radius 3 is 1.96 bits per heavy atom. The molecule has 1 fully saturated rings. The number of aromatic nitrogens is 2. The summed E-state index contributed by atoms with van der Waals surface area (Å²) in [5.74, 6) is -3.44. The van der Waals surface area contributed by atoms with E-state index >= 15 is 0 Å². The Morgan fingerprint density at radius 2 is 1.40 bits per heavy atom. The third kappa shape index (κ3) is 17.8. The van der Waals surface area contributed by atoms with E-state index in [9.17, 15) is 29.1 Å². The minimum Gasteiger partial charge on any atom is -0.494 e. The first-order chi connectivity index (χ1) is 36.1. The third-order valence-corrected chi connectivity index (χ3v) is 11.8. The largest absolute Gasteiger partial charge is 0.494 e. The Balaban J connectivity index is 1.83. The number of primary amides is 1. The zero-order valence-corrected chi connectivity index (χ0v) is 45.0. The lowest BCUT2D eigenvalue weighted by atomic mass is 9.93. The summed E-state index contributed by atoms with van der Waals surface area (Å²) in [6, 6.07) is 15.7. The molecule has 0 bridgehead atoms. The molecule has 17 nitrogen and oxygen atoms in total. The van der Waals surface area contributed by atoms with Gasteiger partial charge >= 0.3 is 23.9 Å². The van der Waals surface area contributed by atoms with Crippen molar-refractivity contribution in [3.05, 3.63) is 76.5 Å². The van der Waals surface area contributed by atoms with E-state index in [1.54, 1.807) is 4.68 Å². The summed E-state index contributed by atoms with van der Waals surface area (Å²) in [6.07, 6.45) is -6.98. The summed E-state index contributed by atoms with van der Waals surface area (Å²) in [5.41, 5.74) is 4.12. The summed E-state index contributed by atoms with van der Waals surface area (Å²) >= 11 is 0. The number of ether oxygens (including phenoxy) is 7. The van der Waals surface area contributed by atoms with Crippen molar-refractivity contribution in [1.29, 1.82) is 0 Å². The van der Waals surface area contributed by atoms with Crippen molar-refractivity contribution >= 4 is 29.8 Å². The number of aliphatic hydroxyl groups excluding tert-OH is 1. The molecule has 1 amide bonds. The van der Waals surface area contributed by atoms with Crippen LogP contribution in [0.15, 0.2) is 48.5 Å². The van der Waals surface area contributed by atoms with E-state index in [1.165, 1.54) is 55.4 Å². The lowest BCUT2D eigenvalue weighted by Gasteiger charge is -2.45. The number of nitrogens with zero attached hydrogens (tertiary/aromatic N) is 3. The molecule has 2 heterocycles. The fourth-order valence-corrected chi connectivity index (χ4v) is 7.61. The van der Waals surface area contributed by atoms with Gasteiger partial charge in [-0.25, -0.2) is 0 Å². The fourth-order valence-electron chi connectivity index (χ4n) is 7.61. The normalized spacial score (nSPS) is 19.3. The van der Waals surface area contributed by atoms with Crippen LogP contribution in [0.1, 0.15) is 155 Å². The first kappa shape index (κ1) is 53.8. The van der Waals surface area contributed by atoms with Crippen molar-refractivity contribution < 1.29 is 67.7 Å². The van der Waals surface area contributed by atoms with E-state index in [4.69, 9.17) is 49.5 Å². The van der Waals surface area contributed by atoms with E-state index in [2.05, 4.69) is 4.90 Å². The molecule has 4 rings (SSSR count). The highest BCUT2D eigenvalue weighted by atomic mass is 16.7. The zero-order valence-electron chi connectivity index (χ0n) is 49.0. The van der Waals surface area contributed by atoms with Crippen LogP contribution in [0.5, 0.6) is 11.6 Å². The van der Waals surface area contributed by atoms with Gasteiger partial charge in [0, 0.05) is 62.4 Å². The number of carbonyl (C=O) groups excluding carboxylic acids is 5. The summed E-state index contributed by atoms with van der Waals surface area (Å²) in [7, 11) is 0. The van der Waals surface area contributed by atoms with Gasteiger partial charge in [-0.15, -0.1) is 5.10 Å². The second kappa shape index (κ2) is 25.6. The molecule has 3 N–H and O–H groups in total. The van der Waals surface area contributed by atoms with Crippen LogP contribution in [0.2, 0.25) is 0 Å². The number of aryl methyl sites for hydroxylation is 2. The van der Waals surface area contributed by atoms with Gasteiger partial charge in [-0.3, -0.25) is 33.6 Å². The lowest BCUT2D eigenvalue weighted by Crippen LogP contribution is -2.65. The molecule has 73 heavy (non-hydrogen) atoms. The van der Waals surface area contributed by atoms with Crippen LogP contribution in [0.25, 0.3) is 0 Å². The number of hydrogen-bond donors (Lipinski definition) is 2. The summed E-state index contributed by atoms with van der Waals surface area (Å²) in [6.45, 7) is 18.0. The number of rotatable bonds is 23. The summed E-state index contributed by atoms with van der Waals surface area (Å²) in [4.78, 5) is 69.6. The van der Waals surface area contributed by atoms with Gasteiger partial charge in [0.25, 0.3) is 0 Å². The van der Waals surface area contributed by atoms with E-state index < -0.39 is 104 Å². The van der Waals surface area contributed by atoms with E-state index in [0.29, 0.717) is 50.4 Å². The second-order valence-corrected chi connectivity index (χ2v) is 22.0. The molecule has 0 aliphatic carbocycles. The van der Waals surface area contributed by atoms with Crippen molar-refractivity contribution in [3.8, 4) is 11.6 Å². The number of carbonyl (C=O) groups is 5. The van der Waals surface area contributed by atoms with Gasteiger partial charge in [0.2, 0.25) is 24.2 Å². The average molecular weight is 1030 g/mol. The van der Waals surface area contributed by atoms with Gasteiger partial charge in [-0.1, -0.05) is 50.2 Å². The molecule has 0 saturated carbocycles. The number of amides is 1. The highest BCUT2D eigenvalue weighted by molar-refractivity contribution is 5.78. The maximum absolute atomic E-state index is 14.2. The number of esters is 4. The van der Waals surface area contributed by atoms with Crippen molar-refractivity contribution in [1.82, 2.24) is 14.7 Å². The van der Waals surface area contributed by atoms with E-state index in [1.807, 2.05) is 69.3 Å². The van der Waals surface area contributed by atoms with Gasteiger partial charge in [0.15, 0.2) is 12.2 Å². The standard InChI is InChI=1S/C56H84N4O13/c1-35(2)43-40(32-38-23-24-39(31-36(38)3)67-30-20-26-59(28-25-42(57)62)33-37-21-17-16-18-22-37)47(58-60(43)27-19-29-61)73-48-46(72-52(66)56(13,14)15)45(71-51(65)55(10,11)12)44(70-50(64)54(7,8)9)41(69-48)34-68-49(63)53(4,5)6/h16-18,21-24,31,35,41,44-46,48,61H,19-20,25-30,32-34H2,1-15H3,(H2,57,62)/t41-,44-,45+,46-,48?/m1/s1/i4D,7D,10D,13D. The number of nitrogens with two attached hydrogens (primary N) is 1. The molecule has 3 aromatic rings. The highest BCUT2D eigenvalue weighted by Crippen LogP contribution is 2.38. The molecule has 17 heteroatoms. The summed E-state index contributed by atoms with van der Waals surface area (Å²) in [5, 5.41) is 14.9. The van der Waals surface area contributed by atoms with Crippen molar-refractivity contribution in [2.45, 2.75) is 179 Å². The maximum Gasteiger partial charge on any atom is 0.311 e. The fraction of sp³-hybridized carbons (Fsp3) is 0.643. The molecule has 1 unspecified atom stereocenters. The van der Waals surface area contributed by atoms with Crippen LogP contribution in [0.4, 0.5) is 0 Å². The van der Waals surface area contributed by atoms with Crippen molar-refractivity contribution in [2.75, 3.05) is 32.9 Å². The Labute approximate surface area is 438 Å². The molecule has 0 radical (unpaired) electrons. The molecular weight excluding hydrogens is 937 g/mol. The maximum atomic E-state index is 14.2. The molecule has 406 valence electrons. The zero-order chi connectivity index (χ0) is 57.5. The van der Waals surface area contributed by atoms with Gasteiger partial charge in [-0.2, -0.15) is 0 Å². The lowest BCUT2D eigenvalue weighted by molar-refractivity contribution is -0.294. The number of hydrogen-bond acceptors (Lipinski definition) is 15.